The lowest BCUT2D eigenvalue weighted by atomic mass is 10.2. The molecule has 0 atom stereocenters. The third-order valence-corrected chi connectivity index (χ3v) is 2.84. The van der Waals surface area contributed by atoms with Crippen LogP contribution in [0.4, 0.5) is 14.6 Å². The first-order valence-electron chi connectivity index (χ1n) is 3.84. The highest BCUT2D eigenvalue weighted by molar-refractivity contribution is 8.13. The van der Waals surface area contributed by atoms with E-state index in [0.717, 1.165) is 13.2 Å². The molecular formula is C7H7ClF2N2O3S. The molecule has 1 aromatic rings. The van der Waals surface area contributed by atoms with Gasteiger partial charge in [0.2, 0.25) is 5.03 Å². The van der Waals surface area contributed by atoms with E-state index in [0.29, 0.717) is 0 Å². The van der Waals surface area contributed by atoms with Crippen LogP contribution in [0.1, 0.15) is 12.0 Å². The Bertz CT molecular complexity index is 507. The van der Waals surface area contributed by atoms with Crippen LogP contribution in [0, 0.1) is 0 Å². The number of aromatic nitrogens is 1. The predicted octanol–water partition coefficient (Wildman–Crippen LogP) is 1.54. The van der Waals surface area contributed by atoms with Gasteiger partial charge in [0.1, 0.15) is 5.82 Å². The van der Waals surface area contributed by atoms with Crippen LogP contribution in [0.2, 0.25) is 0 Å². The summed E-state index contributed by atoms with van der Waals surface area (Å²) in [6.07, 6.45) is -2.95. The van der Waals surface area contributed by atoms with Crippen molar-refractivity contribution in [3.8, 4) is 5.75 Å². The van der Waals surface area contributed by atoms with Crippen LogP contribution in [0.5, 0.6) is 5.75 Å². The Labute approximate surface area is 94.6 Å². The molecule has 0 bridgehead atoms. The number of nitrogen functional groups attached to an aromatic ring is 1. The molecule has 0 saturated carbocycles. The topological polar surface area (TPSA) is 82.3 Å². The quantitative estimate of drug-likeness (QED) is 0.844. The molecule has 5 nitrogen and oxygen atoms in total. The van der Waals surface area contributed by atoms with Crippen LogP contribution >= 0.6 is 10.7 Å². The van der Waals surface area contributed by atoms with E-state index in [1.807, 2.05) is 0 Å². The molecular weight excluding hydrogens is 266 g/mol. The number of nitrogens with two attached hydrogens (primary N) is 1. The van der Waals surface area contributed by atoms with Gasteiger partial charge in [-0.1, -0.05) is 0 Å². The third-order valence-electron chi connectivity index (χ3n) is 1.66. The second-order valence-corrected chi connectivity index (χ2v) is 5.19. The molecule has 90 valence electrons. The van der Waals surface area contributed by atoms with E-state index in [1.54, 1.807) is 0 Å². The predicted molar refractivity (Wildman–Crippen MR) is 53.2 cm³/mol. The maximum absolute atomic E-state index is 12.6. The molecule has 1 heterocycles. The van der Waals surface area contributed by atoms with Crippen molar-refractivity contribution >= 4 is 25.6 Å². The number of halogens is 3. The van der Waals surface area contributed by atoms with Gasteiger partial charge in [0.05, 0.1) is 12.7 Å². The lowest BCUT2D eigenvalue weighted by Crippen LogP contribution is -2.06. The molecule has 2 N–H and O–H groups in total. The zero-order valence-corrected chi connectivity index (χ0v) is 9.52. The summed E-state index contributed by atoms with van der Waals surface area (Å²) >= 11 is 0. The summed E-state index contributed by atoms with van der Waals surface area (Å²) in [5.41, 5.74) is 4.52. The molecule has 0 fully saturated rings. The van der Waals surface area contributed by atoms with Gasteiger partial charge in [-0.25, -0.2) is 22.2 Å². The van der Waals surface area contributed by atoms with Gasteiger partial charge in [-0.05, 0) is 6.07 Å². The SMILES string of the molecule is COc1c(C(F)F)cc(N)nc1S(=O)(=O)Cl. The van der Waals surface area contributed by atoms with Crippen molar-refractivity contribution in [2.75, 3.05) is 12.8 Å². The molecule has 0 amide bonds. The molecule has 0 unspecified atom stereocenters. The van der Waals surface area contributed by atoms with Crippen LogP contribution in [0.25, 0.3) is 0 Å². The first-order chi connectivity index (χ1) is 7.27. The minimum absolute atomic E-state index is 0.379. The Morgan fingerprint density at radius 3 is 2.50 bits per heavy atom. The van der Waals surface area contributed by atoms with Crippen LogP contribution < -0.4 is 10.5 Å². The van der Waals surface area contributed by atoms with Crippen molar-refractivity contribution in [3.63, 3.8) is 0 Å². The lowest BCUT2D eigenvalue weighted by Gasteiger charge is -2.11. The molecule has 1 rings (SSSR count). The van der Waals surface area contributed by atoms with Crippen LogP contribution in [0.15, 0.2) is 11.1 Å². The normalized spacial score (nSPS) is 11.8. The Morgan fingerprint density at radius 1 is 1.56 bits per heavy atom. The lowest BCUT2D eigenvalue weighted by molar-refractivity contribution is 0.146. The monoisotopic (exact) mass is 272 g/mol. The maximum atomic E-state index is 12.6. The van der Waals surface area contributed by atoms with Crippen molar-refractivity contribution in [2.45, 2.75) is 11.5 Å². The fourth-order valence-electron chi connectivity index (χ4n) is 1.08. The van der Waals surface area contributed by atoms with Gasteiger partial charge in [-0.3, -0.25) is 0 Å². The number of methoxy groups -OCH3 is 1. The van der Waals surface area contributed by atoms with E-state index >= 15 is 0 Å². The van der Waals surface area contributed by atoms with Gasteiger partial charge in [0.25, 0.3) is 15.5 Å². The second-order valence-electron chi connectivity index (χ2n) is 2.71. The highest BCUT2D eigenvalue weighted by atomic mass is 35.7. The summed E-state index contributed by atoms with van der Waals surface area (Å²) in [4.78, 5) is 3.36. The molecule has 0 saturated heterocycles. The Morgan fingerprint density at radius 2 is 2.12 bits per heavy atom. The van der Waals surface area contributed by atoms with Gasteiger partial charge in [-0.2, -0.15) is 0 Å². The first kappa shape index (κ1) is 12.9. The molecule has 0 aliphatic heterocycles. The van der Waals surface area contributed by atoms with E-state index in [1.165, 1.54) is 0 Å². The van der Waals surface area contributed by atoms with E-state index < -0.39 is 31.8 Å². The zero-order chi connectivity index (χ0) is 12.5. The zero-order valence-electron chi connectivity index (χ0n) is 7.95. The highest BCUT2D eigenvalue weighted by Crippen LogP contribution is 2.35. The molecule has 0 radical (unpaired) electrons. The summed E-state index contributed by atoms with van der Waals surface area (Å²) < 4.78 is 51.8. The van der Waals surface area contributed by atoms with Crippen molar-refractivity contribution in [3.05, 3.63) is 11.6 Å². The van der Waals surface area contributed by atoms with E-state index in [9.17, 15) is 17.2 Å². The molecule has 0 aliphatic rings. The molecule has 9 heteroatoms. The van der Waals surface area contributed by atoms with Gasteiger partial charge >= 0.3 is 0 Å². The van der Waals surface area contributed by atoms with Crippen molar-refractivity contribution in [1.29, 1.82) is 0 Å². The number of hydrogen-bond acceptors (Lipinski definition) is 5. The van der Waals surface area contributed by atoms with E-state index in [4.69, 9.17) is 16.4 Å². The highest BCUT2D eigenvalue weighted by Gasteiger charge is 2.26. The average molecular weight is 273 g/mol. The summed E-state index contributed by atoms with van der Waals surface area (Å²) in [7, 11) is 1.75. The van der Waals surface area contributed by atoms with E-state index in [2.05, 4.69) is 9.72 Å². The number of anilines is 1. The minimum Gasteiger partial charge on any atom is -0.493 e. The number of hydrogen-bond donors (Lipinski definition) is 1. The largest absolute Gasteiger partial charge is 0.493 e. The molecule has 1 aromatic heterocycles. The Hall–Kier alpha value is -1.15. The number of alkyl halides is 2. The fraction of sp³-hybridized carbons (Fsp3) is 0.286. The maximum Gasteiger partial charge on any atom is 0.282 e. The van der Waals surface area contributed by atoms with Crippen molar-refractivity contribution < 1.29 is 21.9 Å². The van der Waals surface area contributed by atoms with E-state index in [-0.39, 0.29) is 5.82 Å². The van der Waals surface area contributed by atoms with Crippen LogP contribution in [0.3, 0.4) is 0 Å². The average Bonchev–Trinajstić information content (AvgIpc) is 2.14. The van der Waals surface area contributed by atoms with Crippen molar-refractivity contribution in [1.82, 2.24) is 4.98 Å². The van der Waals surface area contributed by atoms with Gasteiger partial charge in [0.15, 0.2) is 5.75 Å². The number of pyridine rings is 1. The smallest absolute Gasteiger partial charge is 0.282 e. The standard InChI is InChI=1S/C7H7ClF2N2O3S/c1-15-5-3(6(9)10)2-4(11)12-7(5)16(8,13)14/h2,6H,1H3,(H2,11,12). The molecule has 0 aliphatic carbocycles. The summed E-state index contributed by atoms with van der Waals surface area (Å²) in [5, 5.41) is -0.813. The molecule has 0 aromatic carbocycles. The Kier molecular flexibility index (Phi) is 3.54. The summed E-state index contributed by atoms with van der Waals surface area (Å²) in [6, 6.07) is 0.828. The second kappa shape index (κ2) is 4.38. The van der Waals surface area contributed by atoms with Crippen molar-refractivity contribution in [2.24, 2.45) is 0 Å². The van der Waals surface area contributed by atoms with Gasteiger partial charge < -0.3 is 10.5 Å². The Balaban J connectivity index is 3.62. The van der Waals surface area contributed by atoms with Gasteiger partial charge in [0, 0.05) is 10.7 Å². The van der Waals surface area contributed by atoms with Crippen LogP contribution in [-0.2, 0) is 9.05 Å². The number of rotatable bonds is 3. The number of nitrogens with zero attached hydrogens (tertiary/aromatic N) is 1. The van der Waals surface area contributed by atoms with Gasteiger partial charge in [-0.15, -0.1) is 0 Å². The summed E-state index contributed by atoms with van der Waals surface area (Å²) in [5.74, 6) is -0.977. The fourth-order valence-corrected chi connectivity index (χ4v) is 2.03. The van der Waals surface area contributed by atoms with Crippen LogP contribution in [-0.4, -0.2) is 20.5 Å². The first-order valence-corrected chi connectivity index (χ1v) is 6.15. The minimum atomic E-state index is -4.30. The third kappa shape index (κ3) is 2.50. The summed E-state index contributed by atoms with van der Waals surface area (Å²) in [6.45, 7) is 0. The number of ether oxygens (including phenoxy) is 1. The molecule has 16 heavy (non-hydrogen) atoms. The molecule has 0 spiro atoms.